The molecule has 2 N–H and O–H groups in total. The van der Waals surface area contributed by atoms with E-state index in [1.807, 2.05) is 12.1 Å². The van der Waals surface area contributed by atoms with Crippen LogP contribution < -0.4 is 10.5 Å². The third kappa shape index (κ3) is 2.52. The highest BCUT2D eigenvalue weighted by Crippen LogP contribution is 2.34. The van der Waals surface area contributed by atoms with Gasteiger partial charge in [0.1, 0.15) is 11.6 Å². The van der Waals surface area contributed by atoms with Crippen molar-refractivity contribution in [3.05, 3.63) is 35.0 Å². The van der Waals surface area contributed by atoms with Crippen LogP contribution >= 0.6 is 11.3 Å². The molecule has 0 saturated carbocycles. The van der Waals surface area contributed by atoms with Gasteiger partial charge in [-0.1, -0.05) is 11.6 Å². The van der Waals surface area contributed by atoms with Crippen molar-refractivity contribution in [3.8, 4) is 17.0 Å². The van der Waals surface area contributed by atoms with Gasteiger partial charge in [-0.2, -0.15) is 0 Å². The molecular weight excluding hydrogens is 284 g/mol. The monoisotopic (exact) mass is 302 g/mol. The molecule has 0 fully saturated rings. The Morgan fingerprint density at radius 2 is 2.19 bits per heavy atom. The lowest BCUT2D eigenvalue weighted by molar-refractivity contribution is 0.416. The standard InChI is InChI=1S/C15H18N4OS/c1-10-5-6-13(20-2)11(8-10)12-9-21-15-18-17-14(19(12)15)4-3-7-16/h5-6,8-9H,3-4,7,16H2,1-2H3. The molecule has 0 bridgehead atoms. The Balaban J connectivity index is 2.16. The normalized spacial score (nSPS) is 11.2. The number of ether oxygens (including phenoxy) is 1. The van der Waals surface area contributed by atoms with Crippen molar-refractivity contribution in [2.24, 2.45) is 5.73 Å². The van der Waals surface area contributed by atoms with Crippen molar-refractivity contribution in [1.29, 1.82) is 0 Å². The van der Waals surface area contributed by atoms with Gasteiger partial charge in [-0.15, -0.1) is 21.5 Å². The highest BCUT2D eigenvalue weighted by molar-refractivity contribution is 7.15. The molecule has 2 heterocycles. The van der Waals surface area contributed by atoms with Crippen LogP contribution in [-0.2, 0) is 6.42 Å². The molecule has 0 spiro atoms. The Morgan fingerprint density at radius 1 is 1.33 bits per heavy atom. The van der Waals surface area contributed by atoms with Gasteiger partial charge in [0.2, 0.25) is 4.96 Å². The molecule has 0 amide bonds. The molecule has 0 radical (unpaired) electrons. The summed E-state index contributed by atoms with van der Waals surface area (Å²) in [6, 6.07) is 6.18. The number of aromatic nitrogens is 3. The van der Waals surface area contributed by atoms with Crippen LogP contribution in [-0.4, -0.2) is 28.3 Å². The first-order valence-corrected chi connectivity index (χ1v) is 7.79. The molecule has 1 aromatic carbocycles. The van der Waals surface area contributed by atoms with Crippen LogP contribution in [0.15, 0.2) is 23.6 Å². The second kappa shape index (κ2) is 5.83. The fourth-order valence-electron chi connectivity index (χ4n) is 2.41. The molecule has 0 saturated heterocycles. The van der Waals surface area contributed by atoms with Crippen LogP contribution in [0.1, 0.15) is 17.8 Å². The summed E-state index contributed by atoms with van der Waals surface area (Å²) in [7, 11) is 1.69. The quantitative estimate of drug-likeness (QED) is 0.787. The summed E-state index contributed by atoms with van der Waals surface area (Å²) < 4.78 is 7.61. The molecule has 0 aliphatic carbocycles. The van der Waals surface area contributed by atoms with E-state index < -0.39 is 0 Å². The van der Waals surface area contributed by atoms with Crippen molar-refractivity contribution < 1.29 is 4.74 Å². The van der Waals surface area contributed by atoms with Gasteiger partial charge in [0.25, 0.3) is 0 Å². The van der Waals surface area contributed by atoms with Gasteiger partial charge in [-0.3, -0.25) is 4.40 Å². The number of hydrogen-bond acceptors (Lipinski definition) is 5. The van der Waals surface area contributed by atoms with E-state index in [-0.39, 0.29) is 0 Å². The number of methoxy groups -OCH3 is 1. The Bertz CT molecular complexity index is 762. The minimum absolute atomic E-state index is 0.655. The molecule has 0 unspecified atom stereocenters. The van der Waals surface area contributed by atoms with Gasteiger partial charge < -0.3 is 10.5 Å². The highest BCUT2D eigenvalue weighted by Gasteiger charge is 2.16. The van der Waals surface area contributed by atoms with Crippen LogP contribution in [0.3, 0.4) is 0 Å². The Morgan fingerprint density at radius 3 is 2.95 bits per heavy atom. The predicted molar refractivity (Wildman–Crippen MR) is 85.0 cm³/mol. The number of nitrogens with zero attached hydrogens (tertiary/aromatic N) is 3. The van der Waals surface area contributed by atoms with E-state index in [1.165, 1.54) is 5.56 Å². The van der Waals surface area contributed by atoms with Crippen molar-refractivity contribution in [2.45, 2.75) is 19.8 Å². The first kappa shape index (κ1) is 14.0. The Kier molecular flexibility index (Phi) is 3.90. The fourth-order valence-corrected chi connectivity index (χ4v) is 3.25. The molecule has 0 aliphatic heterocycles. The van der Waals surface area contributed by atoms with E-state index in [0.717, 1.165) is 40.6 Å². The van der Waals surface area contributed by atoms with Gasteiger partial charge in [0, 0.05) is 17.4 Å². The molecule has 21 heavy (non-hydrogen) atoms. The van der Waals surface area contributed by atoms with Crippen LogP contribution in [0.2, 0.25) is 0 Å². The lowest BCUT2D eigenvalue weighted by Gasteiger charge is -2.09. The number of aryl methyl sites for hydroxylation is 2. The number of benzene rings is 1. The molecule has 2 aromatic heterocycles. The van der Waals surface area contributed by atoms with Gasteiger partial charge in [-0.05, 0) is 32.0 Å². The predicted octanol–water partition coefficient (Wildman–Crippen LogP) is 2.67. The van der Waals surface area contributed by atoms with Crippen molar-refractivity contribution >= 4 is 16.3 Å². The SMILES string of the molecule is COc1ccc(C)cc1-c1csc2nnc(CCCN)n12. The highest BCUT2D eigenvalue weighted by atomic mass is 32.1. The summed E-state index contributed by atoms with van der Waals surface area (Å²) in [6.07, 6.45) is 1.73. The summed E-state index contributed by atoms with van der Waals surface area (Å²) in [6.45, 7) is 2.73. The first-order valence-electron chi connectivity index (χ1n) is 6.91. The number of rotatable bonds is 5. The first-order chi connectivity index (χ1) is 10.2. The number of hydrogen-bond donors (Lipinski definition) is 1. The third-order valence-electron chi connectivity index (χ3n) is 3.45. The Hall–Kier alpha value is -1.92. The van der Waals surface area contributed by atoms with Crippen LogP contribution in [0.25, 0.3) is 16.2 Å². The zero-order chi connectivity index (χ0) is 14.8. The zero-order valence-corrected chi connectivity index (χ0v) is 13.0. The molecule has 0 aliphatic rings. The van der Waals surface area contributed by atoms with Crippen molar-refractivity contribution in [1.82, 2.24) is 14.6 Å². The molecular formula is C15H18N4OS. The van der Waals surface area contributed by atoms with E-state index in [1.54, 1.807) is 18.4 Å². The maximum Gasteiger partial charge on any atom is 0.216 e. The van der Waals surface area contributed by atoms with Crippen molar-refractivity contribution in [3.63, 3.8) is 0 Å². The lowest BCUT2D eigenvalue weighted by atomic mass is 10.1. The maximum absolute atomic E-state index is 5.60. The van der Waals surface area contributed by atoms with Crippen LogP contribution in [0, 0.1) is 6.92 Å². The smallest absolute Gasteiger partial charge is 0.216 e. The number of nitrogens with two attached hydrogens (primary N) is 1. The molecule has 5 nitrogen and oxygen atoms in total. The minimum atomic E-state index is 0.655. The zero-order valence-electron chi connectivity index (χ0n) is 12.2. The largest absolute Gasteiger partial charge is 0.496 e. The average molecular weight is 302 g/mol. The van der Waals surface area contributed by atoms with Gasteiger partial charge in [0.05, 0.1) is 12.8 Å². The van der Waals surface area contributed by atoms with Crippen molar-refractivity contribution in [2.75, 3.05) is 13.7 Å². The summed E-state index contributed by atoms with van der Waals surface area (Å²) in [5, 5.41) is 10.6. The van der Waals surface area contributed by atoms with Gasteiger partial charge in [-0.25, -0.2) is 0 Å². The second-order valence-electron chi connectivity index (χ2n) is 4.95. The van der Waals surface area contributed by atoms with Gasteiger partial charge in [0.15, 0.2) is 0 Å². The maximum atomic E-state index is 5.60. The summed E-state index contributed by atoms with van der Waals surface area (Å²) in [5.41, 5.74) is 8.94. The van der Waals surface area contributed by atoms with E-state index in [9.17, 15) is 0 Å². The molecule has 3 rings (SSSR count). The summed E-state index contributed by atoms with van der Waals surface area (Å²) >= 11 is 1.59. The minimum Gasteiger partial charge on any atom is -0.496 e. The molecule has 110 valence electrons. The third-order valence-corrected chi connectivity index (χ3v) is 4.27. The fraction of sp³-hybridized carbons (Fsp3) is 0.333. The van der Waals surface area contributed by atoms with E-state index in [2.05, 4.69) is 33.0 Å². The number of thiazole rings is 1. The molecule has 3 aromatic rings. The Labute approximate surface area is 127 Å². The van der Waals surface area contributed by atoms with E-state index in [4.69, 9.17) is 10.5 Å². The lowest BCUT2D eigenvalue weighted by Crippen LogP contribution is -2.03. The van der Waals surface area contributed by atoms with E-state index in [0.29, 0.717) is 6.54 Å². The van der Waals surface area contributed by atoms with Gasteiger partial charge >= 0.3 is 0 Å². The molecule has 6 heteroatoms. The number of fused-ring (bicyclic) bond motifs is 1. The summed E-state index contributed by atoms with van der Waals surface area (Å²) in [4.78, 5) is 0.903. The second-order valence-corrected chi connectivity index (χ2v) is 5.79. The van der Waals surface area contributed by atoms with Crippen LogP contribution in [0.4, 0.5) is 0 Å². The van der Waals surface area contributed by atoms with E-state index >= 15 is 0 Å². The topological polar surface area (TPSA) is 65.4 Å². The average Bonchev–Trinajstić information content (AvgIpc) is 3.07. The molecule has 0 atom stereocenters. The van der Waals surface area contributed by atoms with Crippen LogP contribution in [0.5, 0.6) is 5.75 Å². The summed E-state index contributed by atoms with van der Waals surface area (Å²) in [5.74, 6) is 1.81.